The Balaban J connectivity index is 2.68. The predicted octanol–water partition coefficient (Wildman–Crippen LogP) is 19.1. The number of hydrogen-bond acceptors (Lipinski definition) is 11. The van der Waals surface area contributed by atoms with Crippen LogP contribution in [0.2, 0.25) is 0 Å². The molecule has 0 bridgehead atoms. The summed E-state index contributed by atoms with van der Waals surface area (Å²) in [5.74, 6) is -3.17. The van der Waals surface area contributed by atoms with Crippen LogP contribution in [0.25, 0.3) is 0 Å². The highest BCUT2D eigenvalue weighted by atomic mass is 16.7. The zero-order chi connectivity index (χ0) is 63.1. The number of carboxylic acid groups (broad SMARTS) is 1. The average Bonchev–Trinajstić information content (AvgIpc) is 2.60. The molecular weight excluding hydrogens is 1090 g/mol. The lowest BCUT2D eigenvalue weighted by atomic mass is 9.98. The Hall–Kier alpha value is -4.88. The van der Waals surface area contributed by atoms with Crippen LogP contribution in [0, 0.1) is 0 Å². The molecule has 3 N–H and O–H groups in total. The summed E-state index contributed by atoms with van der Waals surface area (Å²) in [7, 11) is 0. The number of aliphatic hydroxyl groups is 2. The van der Waals surface area contributed by atoms with Crippen molar-refractivity contribution in [3.05, 3.63) is 122 Å². The fourth-order valence-electron chi connectivity index (χ4n) is 9.73. The molecule has 1 fully saturated rings. The fraction of sp³-hybridized carbons (Fsp3) is 0.680. The molecule has 1 saturated heterocycles. The van der Waals surface area contributed by atoms with Crippen molar-refractivity contribution in [1.82, 2.24) is 0 Å². The van der Waals surface area contributed by atoms with Gasteiger partial charge in [-0.05, 0) is 135 Å². The first-order chi connectivity index (χ1) is 42.6. The summed E-state index contributed by atoms with van der Waals surface area (Å²) >= 11 is 0. The number of ether oxygens (including phenoxy) is 5. The van der Waals surface area contributed by atoms with Crippen molar-refractivity contribution in [2.24, 2.45) is 0 Å². The van der Waals surface area contributed by atoms with Gasteiger partial charge in [0.15, 0.2) is 24.6 Å². The molecule has 0 spiro atoms. The molecule has 0 aromatic rings. The van der Waals surface area contributed by atoms with Gasteiger partial charge in [0.2, 0.25) is 0 Å². The van der Waals surface area contributed by atoms with Gasteiger partial charge in [-0.15, -0.1) is 0 Å². The van der Waals surface area contributed by atoms with E-state index in [0.29, 0.717) is 19.3 Å². The van der Waals surface area contributed by atoms with Crippen LogP contribution in [0.4, 0.5) is 0 Å². The summed E-state index contributed by atoms with van der Waals surface area (Å²) in [5, 5.41) is 31.7. The second-order valence-electron chi connectivity index (χ2n) is 23.1. The van der Waals surface area contributed by atoms with Crippen molar-refractivity contribution < 1.29 is 58.2 Å². The maximum absolute atomic E-state index is 13.2. The van der Waals surface area contributed by atoms with Gasteiger partial charge < -0.3 is 39.0 Å². The van der Waals surface area contributed by atoms with E-state index in [1.807, 2.05) is 0 Å². The first-order valence-corrected chi connectivity index (χ1v) is 34.5. The van der Waals surface area contributed by atoms with E-state index in [2.05, 4.69) is 142 Å². The van der Waals surface area contributed by atoms with Crippen LogP contribution in [-0.4, -0.2) is 89.2 Å². The lowest BCUT2D eigenvalue weighted by Gasteiger charge is -2.40. The maximum Gasteiger partial charge on any atom is 0.335 e. The molecule has 12 nitrogen and oxygen atoms in total. The fourth-order valence-corrected chi connectivity index (χ4v) is 9.73. The molecule has 1 aliphatic rings. The third-order valence-corrected chi connectivity index (χ3v) is 15.0. The number of hydrogen-bond donors (Lipinski definition) is 3. The highest BCUT2D eigenvalue weighted by Crippen LogP contribution is 2.27. The lowest BCUT2D eigenvalue weighted by molar-refractivity contribution is -0.301. The smallest absolute Gasteiger partial charge is 0.335 e. The normalized spacial score (nSPS) is 18.1. The van der Waals surface area contributed by atoms with Gasteiger partial charge >= 0.3 is 23.9 Å². The van der Waals surface area contributed by atoms with Crippen LogP contribution in [-0.2, 0) is 42.9 Å². The third kappa shape index (κ3) is 50.7. The van der Waals surface area contributed by atoms with E-state index in [1.165, 1.54) is 51.4 Å². The molecule has 1 heterocycles. The summed E-state index contributed by atoms with van der Waals surface area (Å²) in [5.41, 5.74) is 0. The van der Waals surface area contributed by atoms with Crippen LogP contribution in [0.1, 0.15) is 278 Å². The number of carbonyl (C=O) groups is 4. The van der Waals surface area contributed by atoms with Crippen LogP contribution in [0.3, 0.4) is 0 Å². The summed E-state index contributed by atoms with van der Waals surface area (Å²) in [6.45, 7) is 5.83. The Kier molecular flexibility index (Phi) is 56.5. The Morgan fingerprint density at radius 3 is 1.10 bits per heavy atom. The van der Waals surface area contributed by atoms with E-state index >= 15 is 0 Å². The molecule has 0 aliphatic carbocycles. The summed E-state index contributed by atoms with van der Waals surface area (Å²) in [6, 6.07) is 0. The first kappa shape index (κ1) is 80.1. The SMILES string of the molecule is CC/C=C\C/C=C\C/C=C\C/C=C\CCCCCCCCC(=O)OC1C(OCC(COC(=O)CCCCCCCC/C=C\C/C=C\C/C=C\CCCCC)OC(=O)CCCCCCCC/C=C\C/C=C\C/C=C\CCCCC)OC(C(=O)O)C(O)C1O. The molecule has 0 saturated carbocycles. The Labute approximate surface area is 528 Å². The third-order valence-electron chi connectivity index (χ3n) is 15.0. The van der Waals surface area contributed by atoms with Crippen molar-refractivity contribution in [2.45, 2.75) is 314 Å². The quantitative estimate of drug-likeness (QED) is 0.0228. The minimum atomic E-state index is -1.92. The van der Waals surface area contributed by atoms with Gasteiger partial charge in [-0.2, -0.15) is 0 Å². The van der Waals surface area contributed by atoms with Gasteiger partial charge in [0.05, 0.1) is 6.61 Å². The van der Waals surface area contributed by atoms with E-state index in [9.17, 15) is 34.5 Å². The van der Waals surface area contributed by atoms with Crippen LogP contribution in [0.15, 0.2) is 122 Å². The highest BCUT2D eigenvalue weighted by Gasteiger charge is 2.50. The number of carbonyl (C=O) groups excluding carboxylic acids is 3. The molecule has 6 atom stereocenters. The number of aliphatic hydroxyl groups excluding tert-OH is 2. The predicted molar refractivity (Wildman–Crippen MR) is 358 cm³/mol. The van der Waals surface area contributed by atoms with Crippen molar-refractivity contribution >= 4 is 23.9 Å². The highest BCUT2D eigenvalue weighted by molar-refractivity contribution is 5.74. The Morgan fingerprint density at radius 1 is 0.391 bits per heavy atom. The van der Waals surface area contributed by atoms with Crippen LogP contribution < -0.4 is 0 Å². The summed E-state index contributed by atoms with van der Waals surface area (Å²) < 4.78 is 28.6. The molecule has 494 valence electrons. The lowest BCUT2D eigenvalue weighted by Crippen LogP contribution is -2.61. The molecule has 0 aromatic heterocycles. The zero-order valence-corrected chi connectivity index (χ0v) is 54.7. The van der Waals surface area contributed by atoms with Gasteiger partial charge in [0, 0.05) is 19.3 Å². The number of unbranched alkanes of at least 4 members (excludes halogenated alkanes) is 24. The van der Waals surface area contributed by atoms with Crippen LogP contribution in [0.5, 0.6) is 0 Å². The van der Waals surface area contributed by atoms with Gasteiger partial charge in [-0.1, -0.05) is 245 Å². The number of rotatable bonds is 58. The van der Waals surface area contributed by atoms with Crippen molar-refractivity contribution in [3.63, 3.8) is 0 Å². The Bertz CT molecular complexity index is 1970. The minimum Gasteiger partial charge on any atom is -0.479 e. The van der Waals surface area contributed by atoms with Gasteiger partial charge in [0.1, 0.15) is 18.8 Å². The van der Waals surface area contributed by atoms with Gasteiger partial charge in [-0.3, -0.25) is 14.4 Å². The molecule has 0 amide bonds. The molecule has 12 heteroatoms. The van der Waals surface area contributed by atoms with E-state index in [0.717, 1.165) is 167 Å². The van der Waals surface area contributed by atoms with Gasteiger partial charge in [0.25, 0.3) is 0 Å². The van der Waals surface area contributed by atoms with E-state index in [1.54, 1.807) is 0 Å². The average molecular weight is 1220 g/mol. The Morgan fingerprint density at radius 2 is 0.724 bits per heavy atom. The maximum atomic E-state index is 13.2. The van der Waals surface area contributed by atoms with E-state index in [4.69, 9.17) is 23.7 Å². The second-order valence-corrected chi connectivity index (χ2v) is 23.1. The minimum absolute atomic E-state index is 0.0354. The molecule has 87 heavy (non-hydrogen) atoms. The second kappa shape index (κ2) is 61.4. The zero-order valence-electron chi connectivity index (χ0n) is 54.7. The van der Waals surface area contributed by atoms with Crippen molar-refractivity contribution in [1.29, 1.82) is 0 Å². The topological polar surface area (TPSA) is 175 Å². The standard InChI is InChI=1S/C75H122O12/c1-4-7-10-13-16-19-22-25-28-31-34-37-40-43-46-49-52-55-58-61-67(76)83-64-66(85-68(77)62-59-56-53-50-47-44-41-38-35-32-29-26-23-20-17-14-11-8-5-2)65-84-75-73(71(80)70(79)72(87-75)74(81)82)86-69(78)63-60-57-54-51-48-45-42-39-36-33-30-27-24-21-18-15-12-9-6-3/h9,12,16-21,25-30,34-39,66,70-73,75,79-80H,4-8,10-11,13-15,22-24,31-33,40-65H2,1-3H3,(H,81,82)/b12-9-,19-16-,20-17-,21-18-,28-25-,29-26-,30-27-,37-34-,38-35-,39-36-. The van der Waals surface area contributed by atoms with Crippen molar-refractivity contribution in [2.75, 3.05) is 13.2 Å². The molecule has 6 unspecified atom stereocenters. The number of esters is 3. The van der Waals surface area contributed by atoms with E-state index in [-0.39, 0.29) is 25.9 Å². The molecule has 1 aliphatic heterocycles. The summed E-state index contributed by atoms with van der Waals surface area (Å²) in [4.78, 5) is 51.5. The van der Waals surface area contributed by atoms with Crippen LogP contribution >= 0.6 is 0 Å². The molecular formula is C75H122O12. The largest absolute Gasteiger partial charge is 0.479 e. The molecule has 0 radical (unpaired) electrons. The number of allylic oxidation sites excluding steroid dienone is 20. The molecule has 1 rings (SSSR count). The summed E-state index contributed by atoms with van der Waals surface area (Å²) in [6.07, 6.45) is 72.8. The van der Waals surface area contributed by atoms with E-state index < -0.39 is 67.3 Å². The monoisotopic (exact) mass is 1210 g/mol. The number of carboxylic acids is 1. The van der Waals surface area contributed by atoms with Crippen molar-refractivity contribution in [3.8, 4) is 0 Å². The van der Waals surface area contributed by atoms with Gasteiger partial charge in [-0.25, -0.2) is 4.79 Å². The molecule has 0 aromatic carbocycles. The number of aliphatic carboxylic acids is 1. The first-order valence-electron chi connectivity index (χ1n) is 34.5.